The van der Waals surface area contributed by atoms with Crippen molar-refractivity contribution < 1.29 is 28.1 Å². The fraction of sp³-hybridized carbons (Fsp3) is 0.192. The second-order valence-electron chi connectivity index (χ2n) is 8.49. The van der Waals surface area contributed by atoms with Gasteiger partial charge in [-0.1, -0.05) is 0 Å². The highest BCUT2D eigenvalue weighted by Crippen LogP contribution is 2.45. The number of carbonyl (C=O) groups is 1. The lowest BCUT2D eigenvalue weighted by Crippen LogP contribution is -2.35. The van der Waals surface area contributed by atoms with E-state index < -0.39 is 18.0 Å². The summed E-state index contributed by atoms with van der Waals surface area (Å²) in [6.45, 7) is 1.96. The van der Waals surface area contributed by atoms with Crippen LogP contribution in [-0.4, -0.2) is 52.5 Å². The highest BCUT2D eigenvalue weighted by atomic mass is 32.1. The molecule has 0 fully saturated rings. The highest BCUT2D eigenvalue weighted by Gasteiger charge is 2.28. The number of anilines is 1. The van der Waals surface area contributed by atoms with E-state index in [0.717, 1.165) is 11.1 Å². The molecule has 38 heavy (non-hydrogen) atoms. The predicted octanol–water partition coefficient (Wildman–Crippen LogP) is 5.15. The monoisotopic (exact) mass is 533 g/mol. The lowest BCUT2D eigenvalue weighted by atomic mass is 10.1. The quantitative estimate of drug-likeness (QED) is 0.327. The van der Waals surface area contributed by atoms with Crippen LogP contribution in [0.4, 0.5) is 14.9 Å². The van der Waals surface area contributed by atoms with Crippen molar-refractivity contribution in [2.75, 3.05) is 25.6 Å². The Morgan fingerprint density at radius 1 is 1.24 bits per heavy atom. The van der Waals surface area contributed by atoms with Crippen LogP contribution >= 0.6 is 11.3 Å². The van der Waals surface area contributed by atoms with Crippen LogP contribution in [0.3, 0.4) is 0 Å². The minimum absolute atomic E-state index is 0.0868. The van der Waals surface area contributed by atoms with Crippen molar-refractivity contribution in [1.29, 1.82) is 0 Å². The number of aryl methyl sites for hydroxylation is 1. The molecule has 1 aliphatic heterocycles. The van der Waals surface area contributed by atoms with Crippen molar-refractivity contribution in [2.45, 2.75) is 13.0 Å². The Bertz CT molecular complexity index is 1680. The van der Waals surface area contributed by atoms with Crippen molar-refractivity contribution in [3.05, 3.63) is 60.3 Å². The first-order valence-electron chi connectivity index (χ1n) is 11.6. The molecule has 0 saturated carbocycles. The molecule has 0 unspecified atom stereocenters. The zero-order chi connectivity index (χ0) is 26.2. The second kappa shape index (κ2) is 9.71. The average molecular weight is 534 g/mol. The molecule has 0 aliphatic carbocycles. The van der Waals surface area contributed by atoms with Crippen LogP contribution in [0, 0.1) is 12.7 Å². The van der Waals surface area contributed by atoms with Gasteiger partial charge in [0.15, 0.2) is 23.4 Å². The number of nitrogens with one attached hydrogen (secondary N) is 1. The largest absolute Gasteiger partial charge is 0.484 e. The van der Waals surface area contributed by atoms with E-state index in [9.17, 15) is 4.79 Å². The van der Waals surface area contributed by atoms with Crippen molar-refractivity contribution in [3.8, 4) is 28.0 Å². The van der Waals surface area contributed by atoms with Crippen LogP contribution in [0.5, 0.6) is 17.4 Å². The molecular weight excluding hydrogens is 513 g/mol. The minimum Gasteiger partial charge on any atom is -0.484 e. The van der Waals surface area contributed by atoms with E-state index in [1.165, 1.54) is 36.9 Å². The van der Waals surface area contributed by atoms with Gasteiger partial charge in [-0.05, 0) is 36.8 Å². The van der Waals surface area contributed by atoms with Gasteiger partial charge in [0.05, 0.1) is 36.2 Å². The molecule has 1 amide bonds. The summed E-state index contributed by atoms with van der Waals surface area (Å²) in [5.74, 6) is 0.463. The summed E-state index contributed by atoms with van der Waals surface area (Å²) in [4.78, 5) is 29.5. The first-order valence-corrected chi connectivity index (χ1v) is 12.4. The van der Waals surface area contributed by atoms with Gasteiger partial charge in [0, 0.05) is 17.8 Å². The van der Waals surface area contributed by atoms with Gasteiger partial charge in [0.1, 0.15) is 28.4 Å². The maximum atomic E-state index is 15.1. The Morgan fingerprint density at radius 2 is 2.13 bits per heavy atom. The molecule has 1 aliphatic rings. The van der Waals surface area contributed by atoms with Crippen LogP contribution in [0.25, 0.3) is 31.8 Å². The minimum atomic E-state index is -0.660. The van der Waals surface area contributed by atoms with E-state index in [0.29, 0.717) is 38.1 Å². The lowest BCUT2D eigenvalue weighted by Gasteiger charge is -2.26. The van der Waals surface area contributed by atoms with Crippen molar-refractivity contribution in [2.24, 2.45) is 0 Å². The van der Waals surface area contributed by atoms with E-state index in [1.807, 2.05) is 19.1 Å². The number of thiazole rings is 1. The van der Waals surface area contributed by atoms with Crippen LogP contribution in [0.15, 0.2) is 48.9 Å². The van der Waals surface area contributed by atoms with Crippen LogP contribution in [0.1, 0.15) is 5.56 Å². The van der Waals surface area contributed by atoms with E-state index in [2.05, 4.69) is 25.3 Å². The number of rotatable bonds is 5. The summed E-state index contributed by atoms with van der Waals surface area (Å²) in [6.07, 6.45) is 3.35. The number of halogens is 1. The number of fused-ring (bicyclic) bond motifs is 4. The molecule has 2 aromatic carbocycles. The third-order valence-electron chi connectivity index (χ3n) is 5.77. The van der Waals surface area contributed by atoms with Crippen molar-refractivity contribution in [3.63, 3.8) is 0 Å². The predicted molar refractivity (Wildman–Crippen MR) is 139 cm³/mol. The molecule has 0 radical (unpaired) electrons. The summed E-state index contributed by atoms with van der Waals surface area (Å²) in [5.41, 5.74) is 3.63. The van der Waals surface area contributed by atoms with Crippen LogP contribution in [0.2, 0.25) is 0 Å². The van der Waals surface area contributed by atoms with Gasteiger partial charge in [-0.3, -0.25) is 10.3 Å². The maximum Gasteiger partial charge on any atom is 0.411 e. The first-order chi connectivity index (χ1) is 18.5. The second-order valence-corrected chi connectivity index (χ2v) is 9.49. The molecule has 5 aromatic rings. The summed E-state index contributed by atoms with van der Waals surface area (Å²) < 4.78 is 38.0. The number of hydrogen-bond donors (Lipinski definition) is 1. The first kappa shape index (κ1) is 23.8. The van der Waals surface area contributed by atoms with Gasteiger partial charge in [-0.25, -0.2) is 24.1 Å². The molecule has 0 spiro atoms. The van der Waals surface area contributed by atoms with Gasteiger partial charge in [-0.2, -0.15) is 0 Å². The third-order valence-corrected chi connectivity index (χ3v) is 6.85. The number of carbonyl (C=O) groups excluding carboxylic acids is 1. The van der Waals surface area contributed by atoms with Crippen molar-refractivity contribution >= 4 is 44.4 Å². The molecule has 3 aromatic heterocycles. The zero-order valence-electron chi connectivity index (χ0n) is 20.2. The van der Waals surface area contributed by atoms with Crippen LogP contribution < -0.4 is 19.5 Å². The number of amides is 1. The molecule has 12 heteroatoms. The normalized spacial score (nSPS) is 14.4. The molecule has 4 heterocycles. The maximum absolute atomic E-state index is 15.1. The Kier molecular flexibility index (Phi) is 6.08. The lowest BCUT2D eigenvalue weighted by molar-refractivity contribution is 0.0381. The zero-order valence-corrected chi connectivity index (χ0v) is 21.0. The number of pyridine rings is 1. The molecule has 192 valence electrons. The fourth-order valence-electron chi connectivity index (χ4n) is 4.08. The highest BCUT2D eigenvalue weighted by molar-refractivity contribution is 7.22. The third kappa shape index (κ3) is 4.50. The molecule has 6 rings (SSSR count). The molecule has 1 N–H and O–H groups in total. The van der Waals surface area contributed by atoms with Gasteiger partial charge < -0.3 is 18.9 Å². The number of ether oxygens (including phenoxy) is 4. The molecule has 1 atom stereocenters. The average Bonchev–Trinajstić information content (AvgIpc) is 3.38. The molecular formula is C26H20FN5O5S. The van der Waals surface area contributed by atoms with Crippen molar-refractivity contribution in [1.82, 2.24) is 19.9 Å². The molecule has 10 nitrogen and oxygen atoms in total. The number of hydrogen-bond acceptors (Lipinski definition) is 10. The van der Waals surface area contributed by atoms with Gasteiger partial charge >= 0.3 is 6.09 Å². The fourth-order valence-corrected chi connectivity index (χ4v) is 5.16. The summed E-state index contributed by atoms with van der Waals surface area (Å²) in [5, 5.41) is 3.14. The topological polar surface area (TPSA) is 118 Å². The SMILES string of the molecule is COc1cnc2c(-c3nc4c(F)cc5c(c4s3)OC[C@H](COC(=O)Nc3cccnc3)O5)cc(C)cc2n1. The van der Waals surface area contributed by atoms with E-state index in [1.54, 1.807) is 18.3 Å². The number of nitrogens with zero attached hydrogens (tertiary/aromatic N) is 4. The van der Waals surface area contributed by atoms with E-state index in [4.69, 9.17) is 18.9 Å². The summed E-state index contributed by atoms with van der Waals surface area (Å²) in [6, 6.07) is 8.46. The van der Waals surface area contributed by atoms with Gasteiger partial charge in [-0.15, -0.1) is 11.3 Å². The number of aromatic nitrogens is 4. The summed E-state index contributed by atoms with van der Waals surface area (Å²) >= 11 is 1.28. The standard InChI is InChI=1S/C26H20FN5O5S/c1-13-6-16(21-18(7-13)31-20(34-2)10-29-21)25-32-22-17(27)8-19-23(24(22)38-25)35-11-15(37-19)12-36-26(33)30-14-4-3-5-28-9-14/h3-10,15H,11-12H2,1-2H3,(H,30,33)/t15-/m1/s1. The Labute approximate surface area is 219 Å². The van der Waals surface area contributed by atoms with Gasteiger partial charge in [0.2, 0.25) is 5.88 Å². The Morgan fingerprint density at radius 3 is 2.95 bits per heavy atom. The van der Waals surface area contributed by atoms with Crippen LogP contribution in [-0.2, 0) is 4.74 Å². The molecule has 0 saturated heterocycles. The smallest absolute Gasteiger partial charge is 0.411 e. The van der Waals surface area contributed by atoms with Gasteiger partial charge in [0.25, 0.3) is 0 Å². The van der Waals surface area contributed by atoms with E-state index >= 15 is 4.39 Å². The Balaban J connectivity index is 1.26. The van der Waals surface area contributed by atoms with E-state index in [-0.39, 0.29) is 24.5 Å². The Hall–Kier alpha value is -4.58. The molecule has 0 bridgehead atoms. The summed E-state index contributed by atoms with van der Waals surface area (Å²) in [7, 11) is 1.53. The number of benzene rings is 2. The number of methoxy groups -OCH3 is 1.